The van der Waals surface area contributed by atoms with E-state index in [-0.39, 0.29) is 6.17 Å². The fraction of sp³-hybridized carbons (Fsp3) is 1.00. The Morgan fingerprint density at radius 1 is 0.619 bits per heavy atom. The van der Waals surface area contributed by atoms with Crippen LogP contribution in [0.5, 0.6) is 0 Å². The zero-order chi connectivity index (χ0) is 15.6. The summed E-state index contributed by atoms with van der Waals surface area (Å²) in [5.74, 6) is 0. The summed E-state index contributed by atoms with van der Waals surface area (Å²) in [7, 11) is 0. The molecule has 0 heterocycles. The molecule has 0 aliphatic heterocycles. The fourth-order valence-electron chi connectivity index (χ4n) is 1.77. The molecule has 0 fully saturated rings. The molecule has 21 heavy (non-hydrogen) atoms. The summed E-state index contributed by atoms with van der Waals surface area (Å²) >= 11 is 0. The van der Waals surface area contributed by atoms with Crippen molar-refractivity contribution >= 4 is 0 Å². The number of nitrogens with one attached hydrogen (secondary N) is 5. The number of hydrogen-bond donors (Lipinski definition) is 8. The lowest BCUT2D eigenvalue weighted by atomic mass is 10.4. The van der Waals surface area contributed by atoms with E-state index < -0.39 is 0 Å². The van der Waals surface area contributed by atoms with Crippen LogP contribution in [0.4, 0.5) is 0 Å². The molecule has 1 unspecified atom stereocenters. The highest BCUT2D eigenvalue weighted by molar-refractivity contribution is 4.64. The predicted molar refractivity (Wildman–Crippen MR) is 90.2 cm³/mol. The normalized spacial score (nSPS) is 12.7. The average molecular weight is 304 g/mol. The van der Waals surface area contributed by atoms with Gasteiger partial charge in [0.2, 0.25) is 0 Å². The Bertz CT molecular complexity index is 193. The molecule has 0 bridgehead atoms. The smallest absolute Gasteiger partial charge is 0.0675 e. The highest BCUT2D eigenvalue weighted by Crippen LogP contribution is 1.75. The van der Waals surface area contributed by atoms with E-state index in [0.29, 0.717) is 13.1 Å². The topological polar surface area (TPSA) is 138 Å². The van der Waals surface area contributed by atoms with Gasteiger partial charge in [0.05, 0.1) is 6.17 Å². The van der Waals surface area contributed by atoms with Gasteiger partial charge in [-0.05, 0) is 19.5 Å². The molecule has 8 heteroatoms. The molecule has 0 aromatic rings. The molecule has 0 aliphatic carbocycles. The van der Waals surface area contributed by atoms with Crippen LogP contribution in [0.3, 0.4) is 0 Å². The van der Waals surface area contributed by atoms with Crippen molar-refractivity contribution in [3.63, 3.8) is 0 Å². The summed E-state index contributed by atoms with van der Waals surface area (Å²) in [5, 5.41) is 16.4. The van der Waals surface area contributed by atoms with Gasteiger partial charge < -0.3 is 38.5 Å². The Hall–Kier alpha value is -0.320. The first kappa shape index (κ1) is 20.7. The Morgan fingerprint density at radius 3 is 1.81 bits per heavy atom. The number of rotatable bonds is 17. The van der Waals surface area contributed by atoms with Gasteiger partial charge in [-0.15, -0.1) is 0 Å². The summed E-state index contributed by atoms with van der Waals surface area (Å²) < 4.78 is 0. The van der Waals surface area contributed by atoms with Gasteiger partial charge in [0, 0.05) is 58.9 Å². The minimum Gasteiger partial charge on any atom is -0.329 e. The highest BCUT2D eigenvalue weighted by Gasteiger charge is 1.99. The van der Waals surface area contributed by atoms with Crippen LogP contribution in [0, 0.1) is 0 Å². The molecule has 0 aliphatic rings. The van der Waals surface area contributed by atoms with Gasteiger partial charge in [0.25, 0.3) is 0 Å². The molecule has 128 valence electrons. The largest absolute Gasteiger partial charge is 0.329 e. The van der Waals surface area contributed by atoms with E-state index in [2.05, 4.69) is 26.6 Å². The molecule has 0 spiro atoms. The summed E-state index contributed by atoms with van der Waals surface area (Å²) in [4.78, 5) is 0. The molecule has 0 radical (unpaired) electrons. The van der Waals surface area contributed by atoms with Gasteiger partial charge in [0.15, 0.2) is 0 Å². The van der Waals surface area contributed by atoms with Crippen LogP contribution < -0.4 is 43.8 Å². The highest BCUT2D eigenvalue weighted by atomic mass is 15.1. The van der Waals surface area contributed by atoms with E-state index in [1.807, 2.05) is 0 Å². The molecule has 0 aromatic heterocycles. The summed E-state index contributed by atoms with van der Waals surface area (Å²) in [6.07, 6.45) is 1.09. The van der Waals surface area contributed by atoms with E-state index in [0.717, 1.165) is 65.3 Å². The Balaban J connectivity index is 3.11. The second-order valence-electron chi connectivity index (χ2n) is 4.95. The maximum atomic E-state index is 5.96. The molecular weight excluding hydrogens is 268 g/mol. The zero-order valence-corrected chi connectivity index (χ0v) is 13.3. The third-order valence-electron chi connectivity index (χ3n) is 2.90. The van der Waals surface area contributed by atoms with Crippen molar-refractivity contribution in [3.8, 4) is 0 Å². The van der Waals surface area contributed by atoms with Gasteiger partial charge >= 0.3 is 0 Å². The third kappa shape index (κ3) is 17.6. The number of hydrogen-bond acceptors (Lipinski definition) is 8. The van der Waals surface area contributed by atoms with Crippen molar-refractivity contribution in [2.45, 2.75) is 12.6 Å². The van der Waals surface area contributed by atoms with Gasteiger partial charge in [0.1, 0.15) is 0 Å². The molecule has 8 nitrogen and oxygen atoms in total. The Labute approximate surface area is 129 Å². The van der Waals surface area contributed by atoms with E-state index >= 15 is 0 Å². The maximum absolute atomic E-state index is 5.96. The van der Waals surface area contributed by atoms with Crippen LogP contribution in [0.2, 0.25) is 0 Å². The minimum atomic E-state index is -0.000772. The molecular formula is C13H36N8. The molecule has 0 aromatic carbocycles. The lowest BCUT2D eigenvalue weighted by Gasteiger charge is -2.15. The second kappa shape index (κ2) is 17.7. The van der Waals surface area contributed by atoms with Crippen LogP contribution in [0.1, 0.15) is 6.42 Å². The van der Waals surface area contributed by atoms with Crippen LogP contribution in [-0.2, 0) is 0 Å². The van der Waals surface area contributed by atoms with Gasteiger partial charge in [-0.3, -0.25) is 5.32 Å². The second-order valence-corrected chi connectivity index (χ2v) is 4.95. The van der Waals surface area contributed by atoms with Crippen LogP contribution in [0.25, 0.3) is 0 Å². The van der Waals surface area contributed by atoms with Crippen molar-refractivity contribution in [3.05, 3.63) is 0 Å². The van der Waals surface area contributed by atoms with E-state index in [9.17, 15) is 0 Å². The predicted octanol–water partition coefficient (Wildman–Crippen LogP) is -3.47. The van der Waals surface area contributed by atoms with Crippen molar-refractivity contribution in [1.29, 1.82) is 0 Å². The van der Waals surface area contributed by atoms with Crippen molar-refractivity contribution in [2.75, 3.05) is 72.0 Å². The third-order valence-corrected chi connectivity index (χ3v) is 2.90. The van der Waals surface area contributed by atoms with Crippen LogP contribution in [-0.4, -0.2) is 78.2 Å². The molecule has 1 atom stereocenters. The Kier molecular flexibility index (Phi) is 17.5. The molecule has 11 N–H and O–H groups in total. The van der Waals surface area contributed by atoms with Crippen molar-refractivity contribution in [1.82, 2.24) is 26.6 Å². The fourth-order valence-corrected chi connectivity index (χ4v) is 1.77. The number of nitrogens with two attached hydrogens (primary N) is 3. The van der Waals surface area contributed by atoms with Gasteiger partial charge in [-0.2, -0.15) is 0 Å². The monoisotopic (exact) mass is 304 g/mol. The van der Waals surface area contributed by atoms with E-state index in [1.54, 1.807) is 0 Å². The molecule has 0 amide bonds. The average Bonchev–Trinajstić information content (AvgIpc) is 2.49. The lowest BCUT2D eigenvalue weighted by molar-refractivity contribution is 0.471. The maximum Gasteiger partial charge on any atom is 0.0675 e. The van der Waals surface area contributed by atoms with Crippen LogP contribution >= 0.6 is 0 Å². The zero-order valence-electron chi connectivity index (χ0n) is 13.3. The van der Waals surface area contributed by atoms with Gasteiger partial charge in [-0.25, -0.2) is 0 Å². The first-order valence-corrected chi connectivity index (χ1v) is 8.03. The quantitative estimate of drug-likeness (QED) is 0.102. The first-order valence-electron chi connectivity index (χ1n) is 8.03. The molecule has 0 saturated heterocycles. The van der Waals surface area contributed by atoms with Crippen LogP contribution in [0.15, 0.2) is 0 Å². The lowest BCUT2D eigenvalue weighted by Crippen LogP contribution is -2.48. The summed E-state index contributed by atoms with van der Waals surface area (Å²) in [6.45, 7) is 9.58. The Morgan fingerprint density at radius 2 is 1.14 bits per heavy atom. The minimum absolute atomic E-state index is 0.000772. The van der Waals surface area contributed by atoms with Crippen molar-refractivity contribution in [2.24, 2.45) is 17.2 Å². The van der Waals surface area contributed by atoms with Crippen molar-refractivity contribution < 1.29 is 0 Å². The van der Waals surface area contributed by atoms with E-state index in [1.165, 1.54) is 0 Å². The standard InChI is InChI=1S/C13H36N8/c14-2-6-17-4-1-5-20-12-13(16)21-11-10-19-9-8-18-7-3-15/h13,17-21H,1-12,14-16H2. The van der Waals surface area contributed by atoms with Gasteiger partial charge in [-0.1, -0.05) is 0 Å². The summed E-state index contributed by atoms with van der Waals surface area (Å²) in [6, 6.07) is 0. The van der Waals surface area contributed by atoms with E-state index in [4.69, 9.17) is 17.2 Å². The molecule has 0 saturated carbocycles. The first-order chi connectivity index (χ1) is 10.3. The molecule has 0 rings (SSSR count). The SMILES string of the molecule is NCCNCCCNCC(N)NCCNCCNCCN. The summed E-state index contributed by atoms with van der Waals surface area (Å²) in [5.41, 5.74) is 16.7.